The Labute approximate surface area is 142 Å². The number of aliphatic hydroxyl groups is 1. The summed E-state index contributed by atoms with van der Waals surface area (Å²) >= 11 is 0. The molecule has 0 saturated carbocycles. The van der Waals surface area contributed by atoms with Gasteiger partial charge in [0.25, 0.3) is 0 Å². The second-order valence-corrected chi connectivity index (χ2v) is 8.40. The molecule has 0 saturated heterocycles. The van der Waals surface area contributed by atoms with E-state index in [9.17, 15) is 9.67 Å². The Bertz CT molecular complexity index is 321. The molecule has 0 radical (unpaired) electrons. The van der Waals surface area contributed by atoms with Crippen LogP contribution in [-0.4, -0.2) is 26.6 Å². The summed E-state index contributed by atoms with van der Waals surface area (Å²) in [6, 6.07) is 0. The van der Waals surface area contributed by atoms with Crippen LogP contribution in [0.15, 0.2) is 0 Å². The Morgan fingerprint density at radius 2 is 1.35 bits per heavy atom. The van der Waals surface area contributed by atoms with E-state index in [1.54, 1.807) is 13.8 Å². The number of phosphoric acid groups is 1. The first-order valence-corrected chi connectivity index (χ1v) is 10.6. The first-order chi connectivity index (χ1) is 10.6. The van der Waals surface area contributed by atoms with E-state index in [4.69, 9.17) is 14.3 Å². The quantitative estimate of drug-likeness (QED) is 0.287. The number of phosphoric ester groups is 1. The number of rotatable bonds is 15. The molecule has 0 rings (SSSR count). The highest BCUT2D eigenvalue weighted by Crippen LogP contribution is 2.40. The van der Waals surface area contributed by atoms with Gasteiger partial charge in [-0.25, -0.2) is 4.57 Å². The predicted molar refractivity (Wildman–Crippen MR) is 94.3 cm³/mol. The molecule has 0 amide bonds. The molecule has 1 unspecified atom stereocenters. The minimum atomic E-state index is -4.50. The third kappa shape index (κ3) is 18.3. The Morgan fingerprint density at radius 1 is 0.913 bits per heavy atom. The zero-order valence-electron chi connectivity index (χ0n) is 15.2. The van der Waals surface area contributed by atoms with Crippen molar-refractivity contribution in [3.05, 3.63) is 0 Å². The molecule has 0 heterocycles. The monoisotopic (exact) mass is 352 g/mol. The van der Waals surface area contributed by atoms with Gasteiger partial charge in [0, 0.05) is 6.42 Å². The van der Waals surface area contributed by atoms with E-state index in [0.29, 0.717) is 6.42 Å². The summed E-state index contributed by atoms with van der Waals surface area (Å²) < 4.78 is 15.8. The topological polar surface area (TPSA) is 87.0 Å². The minimum absolute atomic E-state index is 0.232. The van der Waals surface area contributed by atoms with E-state index >= 15 is 0 Å². The minimum Gasteiger partial charge on any atom is -0.390 e. The lowest BCUT2D eigenvalue weighted by molar-refractivity contribution is 0.0142. The molecule has 0 aliphatic rings. The van der Waals surface area contributed by atoms with E-state index in [1.165, 1.54) is 44.9 Å². The summed E-state index contributed by atoms with van der Waals surface area (Å²) in [7, 11) is -4.50. The normalized spacial score (nSPS) is 14.2. The highest BCUT2D eigenvalue weighted by molar-refractivity contribution is 7.46. The lowest BCUT2D eigenvalue weighted by Crippen LogP contribution is -2.27. The first kappa shape index (κ1) is 23.1. The van der Waals surface area contributed by atoms with Gasteiger partial charge < -0.3 is 14.9 Å². The average molecular weight is 352 g/mol. The SMILES string of the molecule is CCCCCCCCCCCCC(CC(C)(C)O)OP(=O)(O)O. The van der Waals surface area contributed by atoms with Gasteiger partial charge in [-0.15, -0.1) is 0 Å². The molecule has 0 aromatic heterocycles. The van der Waals surface area contributed by atoms with Crippen LogP contribution in [0, 0.1) is 0 Å². The fraction of sp³-hybridized carbons (Fsp3) is 1.00. The summed E-state index contributed by atoms with van der Waals surface area (Å²) in [5, 5.41) is 9.81. The van der Waals surface area contributed by atoms with E-state index in [1.807, 2.05) is 0 Å². The van der Waals surface area contributed by atoms with Gasteiger partial charge in [0.1, 0.15) is 0 Å². The zero-order valence-corrected chi connectivity index (χ0v) is 16.1. The fourth-order valence-corrected chi connectivity index (χ4v) is 3.37. The smallest absolute Gasteiger partial charge is 0.390 e. The summed E-state index contributed by atoms with van der Waals surface area (Å²) in [6.07, 6.45) is 12.4. The lowest BCUT2D eigenvalue weighted by atomic mass is 9.97. The molecule has 0 spiro atoms. The highest BCUT2D eigenvalue weighted by atomic mass is 31.2. The van der Waals surface area contributed by atoms with Crippen molar-refractivity contribution in [2.45, 2.75) is 110 Å². The molecule has 0 aliphatic carbocycles. The van der Waals surface area contributed by atoms with Crippen molar-refractivity contribution in [2.75, 3.05) is 0 Å². The molecule has 140 valence electrons. The van der Waals surface area contributed by atoms with Crippen LogP contribution in [0.2, 0.25) is 0 Å². The van der Waals surface area contributed by atoms with Gasteiger partial charge in [-0.2, -0.15) is 0 Å². The summed E-state index contributed by atoms with van der Waals surface area (Å²) in [6.45, 7) is 5.48. The van der Waals surface area contributed by atoms with Crippen LogP contribution in [0.1, 0.15) is 97.8 Å². The third-order valence-corrected chi connectivity index (χ3v) is 4.47. The Kier molecular flexibility index (Phi) is 12.5. The van der Waals surface area contributed by atoms with Crippen molar-refractivity contribution >= 4 is 7.82 Å². The molecule has 23 heavy (non-hydrogen) atoms. The Balaban J connectivity index is 3.76. The van der Waals surface area contributed by atoms with Crippen molar-refractivity contribution in [2.24, 2.45) is 0 Å². The molecule has 5 nitrogen and oxygen atoms in total. The van der Waals surface area contributed by atoms with Crippen LogP contribution in [-0.2, 0) is 9.09 Å². The van der Waals surface area contributed by atoms with Gasteiger partial charge in [0.15, 0.2) is 0 Å². The lowest BCUT2D eigenvalue weighted by Gasteiger charge is -2.25. The molecule has 0 bridgehead atoms. The van der Waals surface area contributed by atoms with Gasteiger partial charge >= 0.3 is 7.82 Å². The average Bonchev–Trinajstić information content (AvgIpc) is 2.37. The summed E-state index contributed by atoms with van der Waals surface area (Å²) in [5.74, 6) is 0. The number of hydrogen-bond donors (Lipinski definition) is 3. The van der Waals surface area contributed by atoms with Crippen molar-refractivity contribution in [3.8, 4) is 0 Å². The van der Waals surface area contributed by atoms with Gasteiger partial charge in [-0.3, -0.25) is 4.52 Å². The fourth-order valence-electron chi connectivity index (χ4n) is 2.80. The van der Waals surface area contributed by atoms with Crippen molar-refractivity contribution < 1.29 is 24.0 Å². The molecule has 0 fully saturated rings. The van der Waals surface area contributed by atoms with E-state index < -0.39 is 19.5 Å². The zero-order chi connectivity index (χ0) is 17.8. The maximum absolute atomic E-state index is 11.0. The highest BCUT2D eigenvalue weighted by Gasteiger charge is 2.27. The van der Waals surface area contributed by atoms with Crippen LogP contribution in [0.5, 0.6) is 0 Å². The molecule has 0 aromatic carbocycles. The second-order valence-electron chi connectivity index (χ2n) is 7.21. The van der Waals surface area contributed by atoms with E-state index in [0.717, 1.165) is 19.3 Å². The summed E-state index contributed by atoms with van der Waals surface area (Å²) in [4.78, 5) is 17.9. The van der Waals surface area contributed by atoms with Gasteiger partial charge in [0.2, 0.25) is 0 Å². The second kappa shape index (κ2) is 12.4. The number of hydrogen-bond acceptors (Lipinski definition) is 3. The molecule has 6 heteroatoms. The van der Waals surface area contributed by atoms with Crippen LogP contribution >= 0.6 is 7.82 Å². The molecule has 1 atom stereocenters. The molecule has 3 N–H and O–H groups in total. The third-order valence-electron chi connectivity index (χ3n) is 3.89. The number of unbranched alkanes of at least 4 members (excludes halogenated alkanes) is 9. The van der Waals surface area contributed by atoms with Crippen molar-refractivity contribution in [3.63, 3.8) is 0 Å². The van der Waals surface area contributed by atoms with Gasteiger partial charge in [0.05, 0.1) is 11.7 Å². The molecule has 0 aromatic rings. The standard InChI is InChI=1S/C17H37O5P/c1-4-5-6-7-8-9-10-11-12-13-14-16(15-17(2,3)18)22-23(19,20)21/h16,18H,4-15H2,1-3H3,(H2,19,20,21). The van der Waals surface area contributed by atoms with Gasteiger partial charge in [-0.1, -0.05) is 71.1 Å². The Hall–Kier alpha value is 0.0700. The van der Waals surface area contributed by atoms with Crippen LogP contribution < -0.4 is 0 Å². The largest absolute Gasteiger partial charge is 0.469 e. The maximum atomic E-state index is 11.0. The molecular weight excluding hydrogens is 315 g/mol. The predicted octanol–water partition coefficient (Wildman–Crippen LogP) is 4.94. The maximum Gasteiger partial charge on any atom is 0.469 e. The molecular formula is C17H37O5P. The van der Waals surface area contributed by atoms with Gasteiger partial charge in [-0.05, 0) is 20.3 Å². The van der Waals surface area contributed by atoms with Crippen LogP contribution in [0.25, 0.3) is 0 Å². The van der Waals surface area contributed by atoms with Crippen LogP contribution in [0.3, 0.4) is 0 Å². The summed E-state index contributed by atoms with van der Waals surface area (Å²) in [5.41, 5.74) is -0.988. The van der Waals surface area contributed by atoms with Crippen molar-refractivity contribution in [1.82, 2.24) is 0 Å². The molecule has 0 aliphatic heterocycles. The van der Waals surface area contributed by atoms with E-state index in [-0.39, 0.29) is 6.42 Å². The van der Waals surface area contributed by atoms with Crippen molar-refractivity contribution in [1.29, 1.82) is 0 Å². The van der Waals surface area contributed by atoms with Crippen LogP contribution in [0.4, 0.5) is 0 Å². The van der Waals surface area contributed by atoms with E-state index in [2.05, 4.69) is 6.92 Å². The first-order valence-electron chi connectivity index (χ1n) is 9.10. The Morgan fingerprint density at radius 3 is 1.74 bits per heavy atom.